The van der Waals surface area contributed by atoms with Crippen molar-refractivity contribution in [1.82, 2.24) is 0 Å². The Bertz CT molecular complexity index is 317. The zero-order valence-electron chi connectivity index (χ0n) is 11.1. The number of hydrogen-bond donors (Lipinski definition) is 1. The zero-order valence-corrected chi connectivity index (χ0v) is 11.1. The van der Waals surface area contributed by atoms with Crippen molar-refractivity contribution in [3.05, 3.63) is 35.4 Å². The molecule has 0 radical (unpaired) electrons. The molecule has 0 saturated heterocycles. The molecule has 94 valence electrons. The topological polar surface area (TPSA) is 35.2 Å². The van der Waals surface area contributed by atoms with E-state index in [0.717, 1.165) is 38.6 Å². The van der Waals surface area contributed by atoms with Gasteiger partial charge in [-0.1, -0.05) is 44.0 Å². The van der Waals surface area contributed by atoms with Crippen LogP contribution in [0.1, 0.15) is 37.3 Å². The van der Waals surface area contributed by atoms with Crippen LogP contribution in [0.4, 0.5) is 0 Å². The summed E-state index contributed by atoms with van der Waals surface area (Å²) in [6.45, 7) is 5.11. The summed E-state index contributed by atoms with van der Waals surface area (Å²) < 4.78 is 5.53. The van der Waals surface area contributed by atoms with Crippen LogP contribution in [0, 0.1) is 6.92 Å². The maximum atomic E-state index is 5.89. The summed E-state index contributed by atoms with van der Waals surface area (Å²) >= 11 is 0. The fourth-order valence-electron chi connectivity index (χ4n) is 1.85. The molecule has 0 atom stereocenters. The fraction of sp³-hybridized carbons (Fsp3) is 0.571. The molecule has 17 heavy (non-hydrogen) atoms. The lowest BCUT2D eigenvalue weighted by atomic mass is 9.77. The largest absolute Gasteiger partial charge is 0.422 e. The van der Waals surface area contributed by atoms with Crippen molar-refractivity contribution in [3.63, 3.8) is 0 Å². The predicted octanol–water partition coefficient (Wildman–Crippen LogP) is 3.19. The average Bonchev–Trinajstić information content (AvgIpc) is 2.32. The first-order valence-electron chi connectivity index (χ1n) is 6.65. The Balaban J connectivity index is 2.17. The molecule has 3 heteroatoms. The summed E-state index contributed by atoms with van der Waals surface area (Å²) in [5.41, 5.74) is 8.69. The van der Waals surface area contributed by atoms with Crippen molar-refractivity contribution >= 4 is 7.05 Å². The SMILES string of the molecule is CCCCOB(N)CCCc1ccccc1C. The normalized spacial score (nSPS) is 10.5. The van der Waals surface area contributed by atoms with E-state index < -0.39 is 0 Å². The van der Waals surface area contributed by atoms with Crippen LogP contribution in [0.2, 0.25) is 6.32 Å². The lowest BCUT2D eigenvalue weighted by Crippen LogP contribution is -2.30. The molecule has 0 heterocycles. The quantitative estimate of drug-likeness (QED) is 0.552. The molecule has 1 aromatic carbocycles. The van der Waals surface area contributed by atoms with Gasteiger partial charge < -0.3 is 10.3 Å². The Labute approximate surface area is 106 Å². The molecule has 0 amide bonds. The van der Waals surface area contributed by atoms with Gasteiger partial charge in [0.2, 0.25) is 0 Å². The third-order valence-electron chi connectivity index (χ3n) is 3.03. The number of nitrogens with two attached hydrogens (primary N) is 1. The maximum Gasteiger partial charge on any atom is 0.376 e. The summed E-state index contributed by atoms with van der Waals surface area (Å²) in [5.74, 6) is 0. The van der Waals surface area contributed by atoms with Crippen LogP contribution in [-0.2, 0) is 11.1 Å². The van der Waals surface area contributed by atoms with Crippen molar-refractivity contribution in [3.8, 4) is 0 Å². The van der Waals surface area contributed by atoms with Gasteiger partial charge in [0.15, 0.2) is 0 Å². The van der Waals surface area contributed by atoms with Crippen molar-refractivity contribution in [1.29, 1.82) is 0 Å². The Hall–Kier alpha value is -0.795. The molecule has 0 spiro atoms. The van der Waals surface area contributed by atoms with Gasteiger partial charge in [-0.15, -0.1) is 0 Å². The van der Waals surface area contributed by atoms with Crippen LogP contribution in [0.15, 0.2) is 24.3 Å². The summed E-state index contributed by atoms with van der Waals surface area (Å²) in [7, 11) is -0.0921. The third-order valence-corrected chi connectivity index (χ3v) is 3.03. The van der Waals surface area contributed by atoms with E-state index in [-0.39, 0.29) is 7.05 Å². The lowest BCUT2D eigenvalue weighted by Gasteiger charge is -2.09. The molecule has 1 rings (SSSR count). The number of aryl methyl sites for hydroxylation is 2. The van der Waals surface area contributed by atoms with Gasteiger partial charge in [-0.3, -0.25) is 0 Å². The van der Waals surface area contributed by atoms with E-state index in [9.17, 15) is 0 Å². The first kappa shape index (κ1) is 14.3. The highest BCUT2D eigenvalue weighted by atomic mass is 16.4. The van der Waals surface area contributed by atoms with E-state index in [2.05, 4.69) is 38.1 Å². The lowest BCUT2D eigenvalue weighted by molar-refractivity contribution is 0.309. The Morgan fingerprint density at radius 2 is 2.00 bits per heavy atom. The summed E-state index contributed by atoms with van der Waals surface area (Å²) in [6, 6.07) is 8.53. The fourth-order valence-corrected chi connectivity index (χ4v) is 1.85. The van der Waals surface area contributed by atoms with E-state index in [1.807, 2.05) is 0 Å². The number of rotatable bonds is 8. The van der Waals surface area contributed by atoms with Crippen LogP contribution in [0.25, 0.3) is 0 Å². The minimum atomic E-state index is -0.0921. The standard InChI is InChI=1S/C14H24BNO/c1-3-4-12-17-15(16)11-7-10-14-9-6-5-8-13(14)2/h5-6,8-9H,3-4,7,10-12,16H2,1-2H3. The van der Waals surface area contributed by atoms with Crippen LogP contribution >= 0.6 is 0 Å². The van der Waals surface area contributed by atoms with E-state index in [1.54, 1.807) is 0 Å². The molecule has 0 aromatic heterocycles. The summed E-state index contributed by atoms with van der Waals surface area (Å²) in [6.07, 6.45) is 5.40. The van der Waals surface area contributed by atoms with Crippen molar-refractivity contribution in [2.24, 2.45) is 5.64 Å². The highest BCUT2D eigenvalue weighted by molar-refractivity contribution is 6.47. The molecule has 2 nitrogen and oxygen atoms in total. The molecule has 0 fully saturated rings. The van der Waals surface area contributed by atoms with Crippen LogP contribution < -0.4 is 5.64 Å². The van der Waals surface area contributed by atoms with Gasteiger partial charge in [0, 0.05) is 6.61 Å². The molecule has 2 N–H and O–H groups in total. The molecule has 0 unspecified atom stereocenters. The van der Waals surface area contributed by atoms with Crippen LogP contribution in [0.3, 0.4) is 0 Å². The molecular weight excluding hydrogens is 209 g/mol. The Morgan fingerprint density at radius 3 is 2.71 bits per heavy atom. The Kier molecular flexibility index (Phi) is 6.98. The van der Waals surface area contributed by atoms with Gasteiger partial charge in [0.1, 0.15) is 0 Å². The first-order chi connectivity index (χ1) is 8.24. The third kappa shape index (κ3) is 5.90. The monoisotopic (exact) mass is 233 g/mol. The summed E-state index contributed by atoms with van der Waals surface area (Å²) in [5, 5.41) is 0. The van der Waals surface area contributed by atoms with Gasteiger partial charge in [-0.2, -0.15) is 0 Å². The first-order valence-corrected chi connectivity index (χ1v) is 6.65. The van der Waals surface area contributed by atoms with Crippen molar-refractivity contribution < 1.29 is 4.65 Å². The molecule has 0 aliphatic carbocycles. The Morgan fingerprint density at radius 1 is 1.24 bits per heavy atom. The minimum Gasteiger partial charge on any atom is -0.422 e. The second kappa shape index (κ2) is 8.32. The van der Waals surface area contributed by atoms with Crippen LogP contribution in [0.5, 0.6) is 0 Å². The van der Waals surface area contributed by atoms with E-state index in [4.69, 9.17) is 10.3 Å². The highest BCUT2D eigenvalue weighted by Crippen LogP contribution is 2.11. The number of unbranched alkanes of at least 4 members (excludes halogenated alkanes) is 1. The smallest absolute Gasteiger partial charge is 0.376 e. The number of benzene rings is 1. The van der Waals surface area contributed by atoms with Crippen molar-refractivity contribution in [2.45, 2.75) is 45.9 Å². The molecule has 1 aromatic rings. The number of hydrogen-bond acceptors (Lipinski definition) is 2. The maximum absolute atomic E-state index is 5.89. The minimum absolute atomic E-state index is 0.0921. The molecule has 0 bridgehead atoms. The van der Waals surface area contributed by atoms with E-state index >= 15 is 0 Å². The zero-order chi connectivity index (χ0) is 12.5. The van der Waals surface area contributed by atoms with E-state index in [0.29, 0.717) is 0 Å². The highest BCUT2D eigenvalue weighted by Gasteiger charge is 2.09. The molecule has 0 aliphatic heterocycles. The molecule has 0 aliphatic rings. The van der Waals surface area contributed by atoms with Gasteiger partial charge >= 0.3 is 7.05 Å². The summed E-state index contributed by atoms with van der Waals surface area (Å²) in [4.78, 5) is 0. The second-order valence-corrected chi connectivity index (χ2v) is 4.58. The molecule has 0 saturated carbocycles. The van der Waals surface area contributed by atoms with Crippen molar-refractivity contribution in [2.75, 3.05) is 6.61 Å². The van der Waals surface area contributed by atoms with Crippen LogP contribution in [-0.4, -0.2) is 13.7 Å². The van der Waals surface area contributed by atoms with Gasteiger partial charge in [-0.05, 0) is 37.2 Å². The van der Waals surface area contributed by atoms with Gasteiger partial charge in [0.05, 0.1) is 0 Å². The van der Waals surface area contributed by atoms with Gasteiger partial charge in [0.25, 0.3) is 0 Å². The predicted molar refractivity (Wildman–Crippen MR) is 75.1 cm³/mol. The molecular formula is C14H24BNO. The van der Waals surface area contributed by atoms with E-state index in [1.165, 1.54) is 11.1 Å². The second-order valence-electron chi connectivity index (χ2n) is 4.58. The van der Waals surface area contributed by atoms with Gasteiger partial charge in [-0.25, -0.2) is 0 Å². The average molecular weight is 233 g/mol.